The number of halogens is 3. The van der Waals surface area contributed by atoms with Crippen molar-refractivity contribution in [3.63, 3.8) is 0 Å². The molecule has 8 heteroatoms. The van der Waals surface area contributed by atoms with Crippen LogP contribution in [0, 0.1) is 11.3 Å². The van der Waals surface area contributed by atoms with Crippen LogP contribution in [0.2, 0.25) is 0 Å². The number of hydrogen-bond donors (Lipinski definition) is 0. The second-order valence-electron chi connectivity index (χ2n) is 4.17. The van der Waals surface area contributed by atoms with Crippen LogP contribution in [0.25, 0.3) is 0 Å². The van der Waals surface area contributed by atoms with Gasteiger partial charge in [-0.15, -0.1) is 0 Å². The predicted molar refractivity (Wildman–Crippen MR) is 66.2 cm³/mol. The molecule has 110 valence electrons. The number of rotatable bonds is 5. The van der Waals surface area contributed by atoms with Crippen molar-refractivity contribution in [2.45, 2.75) is 23.9 Å². The minimum Gasteiger partial charge on any atom is -0.207 e. The van der Waals surface area contributed by atoms with Gasteiger partial charge < -0.3 is 0 Å². The maximum Gasteiger partial charge on any atom is 0.390 e. The highest BCUT2D eigenvalue weighted by atomic mass is 32.2. The van der Waals surface area contributed by atoms with E-state index in [1.54, 1.807) is 0 Å². The summed E-state index contributed by atoms with van der Waals surface area (Å²) in [7, 11) is -2.84. The Morgan fingerprint density at radius 2 is 1.80 bits per heavy atom. The number of benzene rings is 1. The van der Waals surface area contributed by atoms with E-state index < -0.39 is 29.2 Å². The minimum atomic E-state index is -4.40. The molecule has 0 aliphatic heterocycles. The third-order valence-corrected chi connectivity index (χ3v) is 4.50. The van der Waals surface area contributed by atoms with Crippen molar-refractivity contribution in [3.05, 3.63) is 29.8 Å². The van der Waals surface area contributed by atoms with E-state index in [1.807, 2.05) is 6.07 Å². The van der Waals surface area contributed by atoms with Gasteiger partial charge >= 0.3 is 6.18 Å². The molecule has 0 aliphatic rings. The second kappa shape index (κ2) is 6.24. The molecule has 1 aromatic rings. The van der Waals surface area contributed by atoms with Crippen molar-refractivity contribution in [2.24, 2.45) is 0 Å². The zero-order chi connectivity index (χ0) is 15.4. The molecule has 0 N–H and O–H groups in total. The summed E-state index contributed by atoms with van der Waals surface area (Å²) < 4.78 is 61.0. The molecular weight excluding hydrogens is 293 g/mol. The van der Waals surface area contributed by atoms with E-state index in [4.69, 9.17) is 5.26 Å². The van der Waals surface area contributed by atoms with E-state index in [0.29, 0.717) is 9.87 Å². The number of nitrogens with zero attached hydrogens (tertiary/aromatic N) is 2. The Hall–Kier alpha value is -1.59. The lowest BCUT2D eigenvalue weighted by Gasteiger charge is -2.18. The van der Waals surface area contributed by atoms with Gasteiger partial charge in [-0.3, -0.25) is 0 Å². The van der Waals surface area contributed by atoms with Crippen LogP contribution >= 0.6 is 0 Å². The van der Waals surface area contributed by atoms with Gasteiger partial charge in [0.25, 0.3) is 0 Å². The molecule has 4 nitrogen and oxygen atoms in total. The first-order valence-electron chi connectivity index (χ1n) is 5.66. The van der Waals surface area contributed by atoms with Gasteiger partial charge in [-0.05, 0) is 17.7 Å². The van der Waals surface area contributed by atoms with Gasteiger partial charge in [0.05, 0.1) is 23.8 Å². The van der Waals surface area contributed by atoms with Crippen LogP contribution in [0.15, 0.2) is 29.2 Å². The van der Waals surface area contributed by atoms with Crippen LogP contribution in [-0.4, -0.2) is 32.5 Å². The monoisotopic (exact) mass is 306 g/mol. The van der Waals surface area contributed by atoms with E-state index in [1.165, 1.54) is 24.3 Å². The fraction of sp³-hybridized carbons (Fsp3) is 0.417. The fourth-order valence-corrected chi connectivity index (χ4v) is 2.63. The summed E-state index contributed by atoms with van der Waals surface area (Å²) >= 11 is 0. The summed E-state index contributed by atoms with van der Waals surface area (Å²) in [5.74, 6) is 0. The highest BCUT2D eigenvalue weighted by molar-refractivity contribution is 7.89. The molecule has 0 saturated heterocycles. The summed E-state index contributed by atoms with van der Waals surface area (Å²) in [5, 5.41) is 8.50. The van der Waals surface area contributed by atoms with Crippen molar-refractivity contribution >= 4 is 10.0 Å². The maximum atomic E-state index is 12.1. The number of nitriles is 1. The molecule has 0 atom stereocenters. The first kappa shape index (κ1) is 16.5. The molecular formula is C12H13F3N2O2S. The molecule has 0 radical (unpaired) electrons. The SMILES string of the molecule is CN(CCC(F)(F)F)S(=O)(=O)c1ccc(CC#N)cc1. The van der Waals surface area contributed by atoms with Crippen molar-refractivity contribution in [3.8, 4) is 6.07 Å². The summed E-state index contributed by atoms with van der Waals surface area (Å²) in [4.78, 5) is -0.0936. The van der Waals surface area contributed by atoms with E-state index in [9.17, 15) is 21.6 Å². The van der Waals surface area contributed by atoms with Crippen molar-refractivity contribution in [1.29, 1.82) is 5.26 Å². The fourth-order valence-electron chi connectivity index (χ4n) is 1.45. The topological polar surface area (TPSA) is 61.2 Å². The molecule has 0 spiro atoms. The van der Waals surface area contributed by atoms with E-state index in [2.05, 4.69) is 0 Å². The summed E-state index contributed by atoms with van der Waals surface area (Å²) in [6.45, 7) is -0.633. The van der Waals surface area contributed by atoms with Crippen LogP contribution in [0.3, 0.4) is 0 Å². The lowest BCUT2D eigenvalue weighted by molar-refractivity contribution is -0.135. The Kier molecular flexibility index (Phi) is 5.14. The largest absolute Gasteiger partial charge is 0.390 e. The Bertz CT molecular complexity index is 589. The van der Waals surface area contributed by atoms with Crippen LogP contribution in [0.1, 0.15) is 12.0 Å². The molecule has 1 rings (SSSR count). The highest BCUT2D eigenvalue weighted by Crippen LogP contribution is 2.22. The van der Waals surface area contributed by atoms with E-state index in [0.717, 1.165) is 7.05 Å². The molecule has 1 aromatic carbocycles. The van der Waals surface area contributed by atoms with Crippen molar-refractivity contribution in [2.75, 3.05) is 13.6 Å². The standard InChI is InChI=1S/C12H13F3N2O2S/c1-17(9-7-12(13,14)15)20(18,19)11-4-2-10(3-5-11)6-8-16/h2-5H,6-7,9H2,1H3. The molecule has 20 heavy (non-hydrogen) atoms. The van der Waals surface area contributed by atoms with Crippen LogP contribution in [0.5, 0.6) is 0 Å². The second-order valence-corrected chi connectivity index (χ2v) is 6.22. The summed E-state index contributed by atoms with van der Waals surface area (Å²) in [6.07, 6.45) is -5.46. The lowest BCUT2D eigenvalue weighted by atomic mass is 10.2. The van der Waals surface area contributed by atoms with Gasteiger partial charge in [0.2, 0.25) is 10.0 Å². The number of alkyl halides is 3. The lowest BCUT2D eigenvalue weighted by Crippen LogP contribution is -2.30. The number of sulfonamides is 1. The van der Waals surface area contributed by atoms with Crippen LogP contribution in [-0.2, 0) is 16.4 Å². The van der Waals surface area contributed by atoms with Crippen LogP contribution in [0.4, 0.5) is 13.2 Å². The van der Waals surface area contributed by atoms with Gasteiger partial charge in [-0.1, -0.05) is 12.1 Å². The number of hydrogen-bond acceptors (Lipinski definition) is 3. The molecule has 0 amide bonds. The Morgan fingerprint density at radius 3 is 2.25 bits per heavy atom. The smallest absolute Gasteiger partial charge is 0.207 e. The van der Waals surface area contributed by atoms with Crippen molar-refractivity contribution in [1.82, 2.24) is 4.31 Å². The van der Waals surface area contributed by atoms with Gasteiger partial charge in [0, 0.05) is 13.6 Å². The maximum absolute atomic E-state index is 12.1. The third kappa shape index (κ3) is 4.51. The van der Waals surface area contributed by atoms with Gasteiger partial charge in [-0.2, -0.15) is 18.4 Å². The zero-order valence-electron chi connectivity index (χ0n) is 10.7. The summed E-state index contributed by atoms with van der Waals surface area (Å²) in [5.41, 5.74) is 0.643. The molecule has 0 aromatic heterocycles. The first-order chi connectivity index (χ1) is 9.16. The Balaban J connectivity index is 2.85. The Labute approximate surface area is 115 Å². The highest BCUT2D eigenvalue weighted by Gasteiger charge is 2.30. The molecule has 0 fully saturated rings. The van der Waals surface area contributed by atoms with E-state index in [-0.39, 0.29) is 11.3 Å². The van der Waals surface area contributed by atoms with Gasteiger partial charge in [0.1, 0.15) is 0 Å². The normalized spacial score (nSPS) is 12.4. The zero-order valence-corrected chi connectivity index (χ0v) is 11.5. The average Bonchev–Trinajstić information content (AvgIpc) is 2.36. The molecule has 0 saturated carbocycles. The quantitative estimate of drug-likeness (QED) is 0.839. The first-order valence-corrected chi connectivity index (χ1v) is 7.10. The molecule has 0 aliphatic carbocycles. The van der Waals surface area contributed by atoms with Gasteiger partial charge in [-0.25, -0.2) is 12.7 Å². The molecule has 0 bridgehead atoms. The van der Waals surface area contributed by atoms with E-state index >= 15 is 0 Å². The van der Waals surface area contributed by atoms with Gasteiger partial charge in [0.15, 0.2) is 0 Å². The Morgan fingerprint density at radius 1 is 1.25 bits per heavy atom. The predicted octanol–water partition coefficient (Wildman–Crippen LogP) is 2.33. The molecule has 0 unspecified atom stereocenters. The minimum absolute atomic E-state index is 0.0936. The third-order valence-electron chi connectivity index (χ3n) is 2.62. The average molecular weight is 306 g/mol. The van der Waals surface area contributed by atoms with Crippen LogP contribution < -0.4 is 0 Å². The van der Waals surface area contributed by atoms with Crippen molar-refractivity contribution < 1.29 is 21.6 Å². The molecule has 0 heterocycles. The summed E-state index contributed by atoms with van der Waals surface area (Å²) in [6, 6.07) is 7.42.